The second-order valence-corrected chi connectivity index (χ2v) is 10.9. The molecule has 7 heteroatoms. The second-order valence-electron chi connectivity index (χ2n) is 10.9. The van der Waals surface area contributed by atoms with Gasteiger partial charge in [-0.3, -0.25) is 4.79 Å². The number of likely N-dealkylation sites (tertiary alicyclic amines) is 2. The van der Waals surface area contributed by atoms with E-state index in [-0.39, 0.29) is 42.5 Å². The van der Waals surface area contributed by atoms with E-state index >= 15 is 0 Å². The first-order valence-electron chi connectivity index (χ1n) is 13.7. The van der Waals surface area contributed by atoms with Crippen molar-refractivity contribution in [2.75, 3.05) is 13.1 Å². The van der Waals surface area contributed by atoms with Crippen LogP contribution in [0, 0.1) is 5.92 Å². The topological polar surface area (TPSA) is 91.7 Å². The minimum Gasteiger partial charge on any atom is -0.445 e. The quantitative estimate of drug-likeness (QED) is 0.527. The number of nitrogens with zero attached hydrogens (tertiary/aromatic N) is 2. The molecule has 1 saturated carbocycles. The zero-order valence-corrected chi connectivity index (χ0v) is 21.2. The minimum absolute atomic E-state index is 0.00423. The minimum atomic E-state index is -0.471. The number of rotatable bonds is 5. The van der Waals surface area contributed by atoms with Crippen molar-refractivity contribution in [1.29, 1.82) is 0 Å². The number of carbonyl (C=O) groups is 2. The Bertz CT molecular complexity index is 1250. The SMILES string of the molecule is NC(C(=O)N1CC[C@@H]2[C@H]1[C@@H](c1c[nH]c3ccccc13)CN2C(=O)OCc1ccccc1)C1CCCCC1. The van der Waals surface area contributed by atoms with Crippen molar-refractivity contribution in [3.8, 4) is 0 Å². The van der Waals surface area contributed by atoms with E-state index in [1.165, 1.54) is 6.42 Å². The summed E-state index contributed by atoms with van der Waals surface area (Å²) in [6.07, 6.45) is 8.06. The molecular formula is C30H36N4O3. The van der Waals surface area contributed by atoms with E-state index in [0.29, 0.717) is 13.1 Å². The Labute approximate surface area is 217 Å². The molecule has 2 aromatic carbocycles. The molecule has 194 valence electrons. The van der Waals surface area contributed by atoms with Crippen molar-refractivity contribution < 1.29 is 14.3 Å². The maximum absolute atomic E-state index is 13.8. The Morgan fingerprint density at radius 1 is 0.973 bits per heavy atom. The molecule has 7 nitrogen and oxygen atoms in total. The van der Waals surface area contributed by atoms with Crippen molar-refractivity contribution in [1.82, 2.24) is 14.8 Å². The number of para-hydroxylation sites is 1. The number of nitrogens with two attached hydrogens (primary N) is 1. The largest absolute Gasteiger partial charge is 0.445 e. The van der Waals surface area contributed by atoms with Gasteiger partial charge in [0.1, 0.15) is 6.61 Å². The number of ether oxygens (including phenoxy) is 1. The highest BCUT2D eigenvalue weighted by atomic mass is 16.6. The van der Waals surface area contributed by atoms with Crippen LogP contribution in [0.2, 0.25) is 0 Å². The number of aromatic nitrogens is 1. The van der Waals surface area contributed by atoms with Gasteiger partial charge in [0.25, 0.3) is 0 Å². The third-order valence-electron chi connectivity index (χ3n) is 8.81. The lowest BCUT2D eigenvalue weighted by Gasteiger charge is -2.34. The van der Waals surface area contributed by atoms with Crippen molar-refractivity contribution in [2.45, 2.75) is 69.2 Å². The van der Waals surface area contributed by atoms with Gasteiger partial charge >= 0.3 is 6.09 Å². The van der Waals surface area contributed by atoms with Crippen LogP contribution in [0.15, 0.2) is 60.8 Å². The first kappa shape index (κ1) is 24.0. The fourth-order valence-electron chi connectivity index (χ4n) is 6.92. The third-order valence-corrected chi connectivity index (χ3v) is 8.81. The zero-order valence-electron chi connectivity index (χ0n) is 21.2. The summed E-state index contributed by atoms with van der Waals surface area (Å²) in [4.78, 5) is 34.4. The van der Waals surface area contributed by atoms with Crippen molar-refractivity contribution in [3.05, 3.63) is 71.9 Å². The van der Waals surface area contributed by atoms with Gasteiger partial charge in [0, 0.05) is 36.1 Å². The molecular weight excluding hydrogens is 464 g/mol. The number of amides is 2. The Balaban J connectivity index is 1.28. The highest BCUT2D eigenvalue weighted by Crippen LogP contribution is 2.44. The number of hydrogen-bond donors (Lipinski definition) is 2. The summed E-state index contributed by atoms with van der Waals surface area (Å²) in [6, 6.07) is 17.3. The average molecular weight is 501 g/mol. The standard InChI is InChI=1S/C30H36N4O3/c31-27(21-11-5-2-6-12-21)29(35)33-16-15-26-28(33)24(23-17-32-25-14-8-7-13-22(23)25)18-34(26)30(36)37-19-20-9-3-1-4-10-20/h1,3-4,7-10,13-14,17,21,24,26-28,32H,2,5-6,11-12,15-16,18-19,31H2/t24-,26-,27?,28-/m1/s1. The second kappa shape index (κ2) is 10.2. The van der Waals surface area contributed by atoms with Crippen LogP contribution < -0.4 is 5.73 Å². The number of fused-ring (bicyclic) bond motifs is 2. The number of nitrogens with one attached hydrogen (secondary N) is 1. The molecule has 3 fully saturated rings. The molecule has 1 unspecified atom stereocenters. The van der Waals surface area contributed by atoms with E-state index in [9.17, 15) is 9.59 Å². The predicted molar refractivity (Wildman–Crippen MR) is 143 cm³/mol. The van der Waals surface area contributed by atoms with Crippen LogP contribution in [0.25, 0.3) is 10.9 Å². The average Bonchev–Trinajstić information content (AvgIpc) is 3.66. The summed E-state index contributed by atoms with van der Waals surface area (Å²) in [5.74, 6) is 0.291. The third kappa shape index (κ3) is 4.50. The van der Waals surface area contributed by atoms with Gasteiger partial charge < -0.3 is 25.3 Å². The van der Waals surface area contributed by atoms with E-state index in [0.717, 1.165) is 54.1 Å². The molecule has 2 amide bonds. The highest BCUT2D eigenvalue weighted by molar-refractivity contribution is 5.86. The fourth-order valence-corrected chi connectivity index (χ4v) is 6.92. The molecule has 3 heterocycles. The smallest absolute Gasteiger partial charge is 0.410 e. The summed E-state index contributed by atoms with van der Waals surface area (Å²) >= 11 is 0. The van der Waals surface area contributed by atoms with Gasteiger partial charge in [0.2, 0.25) is 5.91 Å². The highest BCUT2D eigenvalue weighted by Gasteiger charge is 2.53. The van der Waals surface area contributed by atoms with Crippen LogP contribution in [-0.2, 0) is 16.1 Å². The van der Waals surface area contributed by atoms with E-state index in [1.54, 1.807) is 0 Å². The number of H-pyrrole nitrogens is 1. The Morgan fingerprint density at radius 3 is 2.54 bits per heavy atom. The molecule has 0 spiro atoms. The zero-order chi connectivity index (χ0) is 25.4. The Kier molecular flexibility index (Phi) is 6.63. The maximum Gasteiger partial charge on any atom is 0.410 e. The summed E-state index contributed by atoms with van der Waals surface area (Å²) in [6.45, 7) is 1.38. The summed E-state index contributed by atoms with van der Waals surface area (Å²) in [5, 5.41) is 1.14. The number of aromatic amines is 1. The molecule has 2 saturated heterocycles. The fraction of sp³-hybridized carbons (Fsp3) is 0.467. The Morgan fingerprint density at radius 2 is 1.73 bits per heavy atom. The van der Waals surface area contributed by atoms with Crippen LogP contribution in [0.5, 0.6) is 0 Å². The lowest BCUT2D eigenvalue weighted by Crippen LogP contribution is -2.52. The molecule has 3 aliphatic rings. The summed E-state index contributed by atoms with van der Waals surface area (Å²) in [5.41, 5.74) is 9.78. The van der Waals surface area contributed by atoms with Crippen LogP contribution in [0.4, 0.5) is 4.79 Å². The first-order chi connectivity index (χ1) is 18.1. The predicted octanol–water partition coefficient (Wildman–Crippen LogP) is 4.78. The lowest BCUT2D eigenvalue weighted by molar-refractivity contribution is -0.135. The van der Waals surface area contributed by atoms with Crippen molar-refractivity contribution in [3.63, 3.8) is 0 Å². The maximum atomic E-state index is 13.8. The summed E-state index contributed by atoms with van der Waals surface area (Å²) in [7, 11) is 0. The van der Waals surface area contributed by atoms with E-state index in [1.807, 2.05) is 58.5 Å². The molecule has 0 radical (unpaired) electrons. The molecule has 1 aromatic heterocycles. The number of benzene rings is 2. The van der Waals surface area contributed by atoms with Crippen LogP contribution >= 0.6 is 0 Å². The normalized spacial score (nSPS) is 24.8. The molecule has 1 aliphatic carbocycles. The molecule has 37 heavy (non-hydrogen) atoms. The summed E-state index contributed by atoms with van der Waals surface area (Å²) < 4.78 is 5.76. The van der Waals surface area contributed by atoms with Crippen molar-refractivity contribution in [2.24, 2.45) is 11.7 Å². The number of hydrogen-bond acceptors (Lipinski definition) is 4. The Hall–Kier alpha value is -3.32. The van der Waals surface area contributed by atoms with Crippen LogP contribution in [0.1, 0.15) is 55.6 Å². The van der Waals surface area contributed by atoms with Gasteiger partial charge in [-0.2, -0.15) is 0 Å². The van der Waals surface area contributed by atoms with Crippen molar-refractivity contribution >= 4 is 22.9 Å². The van der Waals surface area contributed by atoms with E-state index in [2.05, 4.69) is 17.1 Å². The van der Waals surface area contributed by atoms with E-state index < -0.39 is 6.04 Å². The van der Waals surface area contributed by atoms with Gasteiger partial charge in [-0.1, -0.05) is 67.8 Å². The molecule has 3 aromatic rings. The molecule has 3 N–H and O–H groups in total. The van der Waals surface area contributed by atoms with Gasteiger partial charge in [-0.25, -0.2) is 4.79 Å². The van der Waals surface area contributed by atoms with Crippen LogP contribution in [0.3, 0.4) is 0 Å². The molecule has 0 bridgehead atoms. The molecule has 6 rings (SSSR count). The van der Waals surface area contributed by atoms with Crippen LogP contribution in [-0.4, -0.2) is 58.0 Å². The van der Waals surface area contributed by atoms with Gasteiger partial charge in [-0.15, -0.1) is 0 Å². The molecule has 2 aliphatic heterocycles. The first-order valence-corrected chi connectivity index (χ1v) is 13.7. The van der Waals surface area contributed by atoms with Gasteiger partial charge in [0.15, 0.2) is 0 Å². The number of carbonyl (C=O) groups excluding carboxylic acids is 2. The van der Waals surface area contributed by atoms with Gasteiger partial charge in [0.05, 0.1) is 18.1 Å². The lowest BCUT2D eigenvalue weighted by atomic mass is 9.83. The molecule has 4 atom stereocenters. The van der Waals surface area contributed by atoms with E-state index in [4.69, 9.17) is 10.5 Å². The monoisotopic (exact) mass is 500 g/mol. The van der Waals surface area contributed by atoms with Gasteiger partial charge in [-0.05, 0) is 42.4 Å².